The highest BCUT2D eigenvalue weighted by atomic mass is 32.1. The summed E-state index contributed by atoms with van der Waals surface area (Å²) in [6.07, 6.45) is 0. The monoisotopic (exact) mass is 287 g/mol. The molecule has 5 nitrogen and oxygen atoms in total. The van der Waals surface area contributed by atoms with E-state index in [0.717, 1.165) is 21.6 Å². The van der Waals surface area contributed by atoms with Gasteiger partial charge in [-0.2, -0.15) is 5.10 Å². The number of aromatic nitrogens is 3. The quantitative estimate of drug-likeness (QED) is 0.727. The summed E-state index contributed by atoms with van der Waals surface area (Å²) in [4.78, 5) is 4.31. The number of fused-ring (bicyclic) bond motifs is 1. The van der Waals surface area contributed by atoms with Crippen molar-refractivity contribution in [2.75, 3.05) is 11.1 Å². The number of hydrogen-bond acceptors (Lipinski definition) is 5. The van der Waals surface area contributed by atoms with Gasteiger partial charge in [-0.15, -0.1) is 11.3 Å². The minimum absolute atomic E-state index is 0.711. The number of nitrogens with two attached hydrogens (primary N) is 1. The van der Waals surface area contributed by atoms with Crippen LogP contribution in [0.15, 0.2) is 17.6 Å². The second kappa shape index (κ2) is 4.79. The Hall–Kier alpha value is -2.08. The number of rotatable bonds is 3. The number of nitrogens with zero attached hydrogens (tertiary/aromatic N) is 3. The van der Waals surface area contributed by atoms with Crippen molar-refractivity contribution >= 4 is 32.9 Å². The van der Waals surface area contributed by atoms with Crippen LogP contribution in [0.2, 0.25) is 0 Å². The standard InChI is InChI=1S/C14H17N5S/c1-8-10(9(2)19(3)18-8)6-16-11-4-5-12-14(13(11)15)17-7-20-12/h4-5,7,16H,6,15H2,1-3H3. The van der Waals surface area contributed by atoms with Crippen molar-refractivity contribution in [1.82, 2.24) is 14.8 Å². The first-order valence-electron chi connectivity index (χ1n) is 6.42. The third-order valence-electron chi connectivity index (χ3n) is 3.66. The van der Waals surface area contributed by atoms with Crippen LogP contribution in [-0.2, 0) is 13.6 Å². The van der Waals surface area contributed by atoms with Gasteiger partial charge in [0.05, 0.1) is 27.3 Å². The summed E-state index contributed by atoms with van der Waals surface area (Å²) in [5.74, 6) is 0. The lowest BCUT2D eigenvalue weighted by Crippen LogP contribution is -2.04. The number of aryl methyl sites for hydroxylation is 2. The molecule has 104 valence electrons. The highest BCUT2D eigenvalue weighted by molar-refractivity contribution is 7.16. The van der Waals surface area contributed by atoms with Crippen molar-refractivity contribution in [1.29, 1.82) is 0 Å². The molecule has 0 saturated heterocycles. The first-order valence-corrected chi connectivity index (χ1v) is 7.30. The second-order valence-corrected chi connectivity index (χ2v) is 5.74. The summed E-state index contributed by atoms with van der Waals surface area (Å²) in [6.45, 7) is 4.81. The minimum Gasteiger partial charge on any atom is -0.395 e. The molecule has 0 radical (unpaired) electrons. The molecule has 3 N–H and O–H groups in total. The van der Waals surface area contributed by atoms with Crippen LogP contribution in [0.3, 0.4) is 0 Å². The Balaban J connectivity index is 1.88. The summed E-state index contributed by atoms with van der Waals surface area (Å²) < 4.78 is 3.01. The fourth-order valence-electron chi connectivity index (χ4n) is 2.36. The first kappa shape index (κ1) is 12.9. The van der Waals surface area contributed by atoms with E-state index in [1.807, 2.05) is 30.2 Å². The zero-order valence-electron chi connectivity index (χ0n) is 11.8. The zero-order valence-corrected chi connectivity index (χ0v) is 12.6. The molecule has 0 saturated carbocycles. The molecule has 0 spiro atoms. The van der Waals surface area contributed by atoms with Gasteiger partial charge in [-0.05, 0) is 26.0 Å². The van der Waals surface area contributed by atoms with Crippen LogP contribution in [-0.4, -0.2) is 14.8 Å². The Labute approximate surface area is 121 Å². The van der Waals surface area contributed by atoms with Crippen LogP contribution in [0, 0.1) is 13.8 Å². The van der Waals surface area contributed by atoms with Gasteiger partial charge in [-0.25, -0.2) is 4.98 Å². The van der Waals surface area contributed by atoms with Gasteiger partial charge in [0.15, 0.2) is 0 Å². The molecule has 0 unspecified atom stereocenters. The van der Waals surface area contributed by atoms with E-state index in [9.17, 15) is 0 Å². The molecule has 0 aliphatic rings. The van der Waals surface area contributed by atoms with Gasteiger partial charge < -0.3 is 11.1 Å². The summed E-state index contributed by atoms with van der Waals surface area (Å²) in [5, 5.41) is 7.81. The molecule has 2 aromatic heterocycles. The molecule has 0 aliphatic carbocycles. The lowest BCUT2D eigenvalue weighted by Gasteiger charge is -2.10. The summed E-state index contributed by atoms with van der Waals surface area (Å²) in [7, 11) is 1.96. The fraction of sp³-hybridized carbons (Fsp3) is 0.286. The number of anilines is 2. The van der Waals surface area contributed by atoms with Gasteiger partial charge >= 0.3 is 0 Å². The molecular weight excluding hydrogens is 270 g/mol. The summed E-state index contributed by atoms with van der Waals surface area (Å²) in [5.41, 5.74) is 13.9. The Bertz CT molecular complexity index is 771. The third kappa shape index (κ3) is 2.02. The summed E-state index contributed by atoms with van der Waals surface area (Å²) in [6, 6.07) is 4.06. The Morgan fingerprint density at radius 1 is 1.35 bits per heavy atom. The average molecular weight is 287 g/mol. The molecule has 3 aromatic rings. The molecule has 20 heavy (non-hydrogen) atoms. The maximum Gasteiger partial charge on any atom is 0.106 e. The number of nitrogens with one attached hydrogen (secondary N) is 1. The maximum atomic E-state index is 6.17. The Morgan fingerprint density at radius 2 is 2.15 bits per heavy atom. The predicted octanol–water partition coefficient (Wildman–Crippen LogP) is 2.84. The lowest BCUT2D eigenvalue weighted by atomic mass is 10.2. The van der Waals surface area contributed by atoms with E-state index in [-0.39, 0.29) is 0 Å². The van der Waals surface area contributed by atoms with E-state index in [0.29, 0.717) is 12.2 Å². The van der Waals surface area contributed by atoms with Gasteiger partial charge in [-0.3, -0.25) is 4.68 Å². The van der Waals surface area contributed by atoms with Crippen LogP contribution in [0.25, 0.3) is 10.2 Å². The van der Waals surface area contributed by atoms with E-state index < -0.39 is 0 Å². The van der Waals surface area contributed by atoms with Crippen molar-refractivity contribution in [3.05, 3.63) is 34.6 Å². The second-order valence-electron chi connectivity index (χ2n) is 4.85. The van der Waals surface area contributed by atoms with E-state index >= 15 is 0 Å². The predicted molar refractivity (Wildman–Crippen MR) is 84.0 cm³/mol. The van der Waals surface area contributed by atoms with Gasteiger partial charge in [0, 0.05) is 24.8 Å². The van der Waals surface area contributed by atoms with Crippen molar-refractivity contribution in [3.63, 3.8) is 0 Å². The van der Waals surface area contributed by atoms with Gasteiger partial charge in [0.25, 0.3) is 0 Å². The smallest absolute Gasteiger partial charge is 0.106 e. The zero-order chi connectivity index (χ0) is 14.3. The van der Waals surface area contributed by atoms with Crippen LogP contribution in [0.4, 0.5) is 11.4 Å². The maximum absolute atomic E-state index is 6.17. The molecular formula is C14H17N5S. The van der Waals surface area contributed by atoms with Gasteiger partial charge in [0.2, 0.25) is 0 Å². The normalized spacial score (nSPS) is 11.2. The highest BCUT2D eigenvalue weighted by Crippen LogP contribution is 2.30. The van der Waals surface area contributed by atoms with Gasteiger partial charge in [-0.1, -0.05) is 0 Å². The molecule has 1 aromatic carbocycles. The minimum atomic E-state index is 0.711. The SMILES string of the molecule is Cc1nn(C)c(C)c1CNc1ccc2scnc2c1N. The van der Waals surface area contributed by atoms with E-state index in [1.54, 1.807) is 11.3 Å². The number of nitrogen functional groups attached to an aromatic ring is 1. The van der Waals surface area contributed by atoms with Crippen molar-refractivity contribution < 1.29 is 0 Å². The number of hydrogen-bond donors (Lipinski definition) is 2. The average Bonchev–Trinajstić information content (AvgIpc) is 2.97. The molecule has 0 atom stereocenters. The van der Waals surface area contributed by atoms with Crippen LogP contribution < -0.4 is 11.1 Å². The van der Waals surface area contributed by atoms with Crippen molar-refractivity contribution in [3.8, 4) is 0 Å². The van der Waals surface area contributed by atoms with E-state index in [2.05, 4.69) is 28.4 Å². The van der Waals surface area contributed by atoms with Crippen LogP contribution in [0.1, 0.15) is 17.0 Å². The molecule has 2 heterocycles. The Morgan fingerprint density at radius 3 is 2.85 bits per heavy atom. The van der Waals surface area contributed by atoms with E-state index in [1.165, 1.54) is 11.3 Å². The van der Waals surface area contributed by atoms with Crippen molar-refractivity contribution in [2.45, 2.75) is 20.4 Å². The molecule has 3 rings (SSSR count). The van der Waals surface area contributed by atoms with Crippen LogP contribution >= 0.6 is 11.3 Å². The largest absolute Gasteiger partial charge is 0.395 e. The van der Waals surface area contributed by atoms with Crippen LogP contribution in [0.5, 0.6) is 0 Å². The molecule has 0 bridgehead atoms. The van der Waals surface area contributed by atoms with Crippen molar-refractivity contribution in [2.24, 2.45) is 7.05 Å². The van der Waals surface area contributed by atoms with Gasteiger partial charge in [0.1, 0.15) is 5.52 Å². The topological polar surface area (TPSA) is 68.8 Å². The summed E-state index contributed by atoms with van der Waals surface area (Å²) >= 11 is 1.60. The first-order chi connectivity index (χ1) is 9.58. The molecule has 6 heteroatoms. The fourth-order valence-corrected chi connectivity index (χ4v) is 3.06. The third-order valence-corrected chi connectivity index (χ3v) is 4.45. The number of thiazole rings is 1. The molecule has 0 amide bonds. The molecule has 0 aliphatic heterocycles. The van der Waals surface area contributed by atoms with E-state index in [4.69, 9.17) is 5.73 Å². The molecule has 0 fully saturated rings. The Kier molecular flexibility index (Phi) is 3.10. The highest BCUT2D eigenvalue weighted by Gasteiger charge is 2.11. The lowest BCUT2D eigenvalue weighted by molar-refractivity contribution is 0.730. The number of benzene rings is 1.